The van der Waals surface area contributed by atoms with E-state index in [9.17, 15) is 4.79 Å². The lowest BCUT2D eigenvalue weighted by Crippen LogP contribution is -2.16. The number of anilines is 1. The van der Waals surface area contributed by atoms with Crippen LogP contribution in [0.3, 0.4) is 0 Å². The smallest absolute Gasteiger partial charge is 0.274 e. The number of nitrogens with one attached hydrogen (secondary N) is 1. The number of ether oxygens (including phenoxy) is 1. The summed E-state index contributed by atoms with van der Waals surface area (Å²) in [6, 6.07) is 9.60. The summed E-state index contributed by atoms with van der Waals surface area (Å²) >= 11 is 0. The summed E-state index contributed by atoms with van der Waals surface area (Å²) < 4.78 is 7.07. The van der Waals surface area contributed by atoms with Crippen LogP contribution < -0.4 is 10.1 Å². The van der Waals surface area contributed by atoms with E-state index in [1.54, 1.807) is 11.5 Å². The predicted molar refractivity (Wildman–Crippen MR) is 90.4 cm³/mol. The van der Waals surface area contributed by atoms with Gasteiger partial charge < -0.3 is 10.1 Å². The first-order valence-electron chi connectivity index (χ1n) is 7.41. The van der Waals surface area contributed by atoms with Gasteiger partial charge in [0.1, 0.15) is 5.69 Å². The minimum atomic E-state index is -0.185. The number of carbonyl (C=O) groups is 1. The minimum Gasteiger partial charge on any atom is -0.493 e. The van der Waals surface area contributed by atoms with Crippen LogP contribution in [0.25, 0.3) is 5.65 Å². The summed E-state index contributed by atoms with van der Waals surface area (Å²) in [6.07, 6.45) is 1.81. The molecular weight excluding hydrogens is 290 g/mol. The van der Waals surface area contributed by atoms with Gasteiger partial charge in [-0.2, -0.15) is 0 Å². The monoisotopic (exact) mass is 309 g/mol. The lowest BCUT2D eigenvalue weighted by molar-refractivity contribution is 0.102. The fourth-order valence-electron chi connectivity index (χ4n) is 2.72. The Morgan fingerprint density at radius 1 is 1.22 bits per heavy atom. The maximum atomic E-state index is 12.7. The minimum absolute atomic E-state index is 0.185. The molecular formula is C18H19N3O2. The van der Waals surface area contributed by atoms with E-state index in [0.29, 0.717) is 22.8 Å². The summed E-state index contributed by atoms with van der Waals surface area (Å²) in [7, 11) is 1.59. The number of benzene rings is 1. The van der Waals surface area contributed by atoms with Crippen LogP contribution in [0.1, 0.15) is 27.3 Å². The zero-order valence-electron chi connectivity index (χ0n) is 13.7. The Hall–Kier alpha value is -2.82. The number of pyridine rings is 1. The number of fused-ring (bicyclic) bond motifs is 1. The second kappa shape index (κ2) is 5.76. The molecule has 0 radical (unpaired) electrons. The molecule has 5 heteroatoms. The molecule has 3 rings (SSSR count). The van der Waals surface area contributed by atoms with Crippen LogP contribution >= 0.6 is 0 Å². The highest BCUT2D eigenvalue weighted by Gasteiger charge is 2.19. The van der Waals surface area contributed by atoms with Gasteiger partial charge in [-0.1, -0.05) is 17.7 Å². The first kappa shape index (κ1) is 15.1. The van der Waals surface area contributed by atoms with Crippen LogP contribution in [-0.2, 0) is 0 Å². The van der Waals surface area contributed by atoms with Crippen molar-refractivity contribution in [3.8, 4) is 5.75 Å². The molecule has 0 atom stereocenters. The van der Waals surface area contributed by atoms with Crippen molar-refractivity contribution < 1.29 is 9.53 Å². The molecule has 1 N–H and O–H groups in total. The van der Waals surface area contributed by atoms with Gasteiger partial charge in [-0.15, -0.1) is 0 Å². The van der Waals surface area contributed by atoms with E-state index in [-0.39, 0.29) is 5.91 Å². The summed E-state index contributed by atoms with van der Waals surface area (Å²) in [5.41, 5.74) is 4.81. The van der Waals surface area contributed by atoms with E-state index in [0.717, 1.165) is 16.8 Å². The normalized spacial score (nSPS) is 10.8. The zero-order chi connectivity index (χ0) is 16.6. The Kier molecular flexibility index (Phi) is 3.78. The van der Waals surface area contributed by atoms with Crippen molar-refractivity contribution in [1.29, 1.82) is 0 Å². The molecule has 0 aliphatic rings. The summed E-state index contributed by atoms with van der Waals surface area (Å²) in [5.74, 6) is 0.455. The highest BCUT2D eigenvalue weighted by atomic mass is 16.5. The van der Waals surface area contributed by atoms with E-state index < -0.39 is 0 Å². The molecule has 1 aromatic carbocycles. The van der Waals surface area contributed by atoms with Crippen LogP contribution in [0.15, 0.2) is 36.5 Å². The Labute approximate surface area is 134 Å². The number of carbonyl (C=O) groups excluding carboxylic acids is 1. The molecule has 3 aromatic rings. The van der Waals surface area contributed by atoms with Crippen molar-refractivity contribution in [3.05, 3.63) is 59.0 Å². The molecule has 0 saturated carbocycles. The van der Waals surface area contributed by atoms with Gasteiger partial charge in [0.25, 0.3) is 5.91 Å². The van der Waals surface area contributed by atoms with Gasteiger partial charge in [-0.05, 0) is 44.5 Å². The summed E-state index contributed by atoms with van der Waals surface area (Å²) in [6.45, 7) is 5.83. The molecule has 23 heavy (non-hydrogen) atoms. The van der Waals surface area contributed by atoms with Crippen LogP contribution in [0.5, 0.6) is 5.75 Å². The highest BCUT2D eigenvalue weighted by molar-refractivity contribution is 6.05. The average Bonchev–Trinajstić information content (AvgIpc) is 2.85. The Morgan fingerprint density at radius 2 is 2.00 bits per heavy atom. The molecule has 0 aliphatic carbocycles. The second-order valence-corrected chi connectivity index (χ2v) is 5.59. The van der Waals surface area contributed by atoms with Gasteiger partial charge in [-0.3, -0.25) is 9.20 Å². The maximum absolute atomic E-state index is 12.7. The third kappa shape index (κ3) is 2.65. The SMILES string of the molecule is COc1cccn2c(C(=O)Nc3ccc(C)cc3C)c(C)nc12. The van der Waals surface area contributed by atoms with E-state index >= 15 is 0 Å². The Balaban J connectivity index is 2.03. The van der Waals surface area contributed by atoms with Gasteiger partial charge in [0.05, 0.1) is 12.8 Å². The van der Waals surface area contributed by atoms with Crippen molar-refractivity contribution in [2.75, 3.05) is 12.4 Å². The molecule has 0 bridgehead atoms. The van der Waals surface area contributed by atoms with Crippen molar-refractivity contribution in [2.45, 2.75) is 20.8 Å². The number of amides is 1. The number of nitrogens with zero attached hydrogens (tertiary/aromatic N) is 2. The van der Waals surface area contributed by atoms with Crippen molar-refractivity contribution >= 4 is 17.2 Å². The number of imidazole rings is 1. The van der Waals surface area contributed by atoms with Gasteiger partial charge >= 0.3 is 0 Å². The van der Waals surface area contributed by atoms with Crippen LogP contribution in [0.4, 0.5) is 5.69 Å². The lowest BCUT2D eigenvalue weighted by Gasteiger charge is -2.10. The molecule has 0 unspecified atom stereocenters. The van der Waals surface area contributed by atoms with E-state index in [2.05, 4.69) is 10.3 Å². The summed E-state index contributed by atoms with van der Waals surface area (Å²) in [4.78, 5) is 17.2. The van der Waals surface area contributed by atoms with Crippen molar-refractivity contribution in [1.82, 2.24) is 9.38 Å². The number of rotatable bonds is 3. The first-order chi connectivity index (χ1) is 11.0. The molecule has 2 aromatic heterocycles. The topological polar surface area (TPSA) is 55.6 Å². The first-order valence-corrected chi connectivity index (χ1v) is 7.41. The molecule has 0 fully saturated rings. The van der Waals surface area contributed by atoms with Gasteiger partial charge in [0.15, 0.2) is 11.4 Å². The highest BCUT2D eigenvalue weighted by Crippen LogP contribution is 2.23. The third-order valence-electron chi connectivity index (χ3n) is 3.85. The van der Waals surface area contributed by atoms with Crippen LogP contribution in [0, 0.1) is 20.8 Å². The van der Waals surface area contributed by atoms with Crippen LogP contribution in [0.2, 0.25) is 0 Å². The fourth-order valence-corrected chi connectivity index (χ4v) is 2.72. The second-order valence-electron chi connectivity index (χ2n) is 5.59. The Morgan fingerprint density at radius 3 is 2.70 bits per heavy atom. The number of hydrogen-bond acceptors (Lipinski definition) is 3. The molecule has 0 aliphatic heterocycles. The molecule has 0 saturated heterocycles. The predicted octanol–water partition coefficient (Wildman–Crippen LogP) is 3.52. The van der Waals surface area contributed by atoms with Crippen molar-refractivity contribution in [2.24, 2.45) is 0 Å². The zero-order valence-corrected chi connectivity index (χ0v) is 13.7. The van der Waals surface area contributed by atoms with E-state index in [4.69, 9.17) is 4.74 Å². The third-order valence-corrected chi connectivity index (χ3v) is 3.85. The molecule has 1 amide bonds. The number of aromatic nitrogens is 2. The molecule has 5 nitrogen and oxygen atoms in total. The van der Waals surface area contributed by atoms with E-state index in [1.165, 1.54) is 0 Å². The lowest BCUT2D eigenvalue weighted by atomic mass is 10.1. The van der Waals surface area contributed by atoms with Crippen molar-refractivity contribution in [3.63, 3.8) is 0 Å². The van der Waals surface area contributed by atoms with Gasteiger partial charge in [-0.25, -0.2) is 4.98 Å². The largest absolute Gasteiger partial charge is 0.493 e. The van der Waals surface area contributed by atoms with Gasteiger partial charge in [0, 0.05) is 11.9 Å². The van der Waals surface area contributed by atoms with E-state index in [1.807, 2.05) is 57.3 Å². The summed E-state index contributed by atoms with van der Waals surface area (Å²) in [5, 5.41) is 2.97. The maximum Gasteiger partial charge on any atom is 0.274 e. The quantitative estimate of drug-likeness (QED) is 0.805. The standard InChI is InChI=1S/C18H19N3O2/c1-11-7-8-14(12(2)10-11)20-18(22)16-13(3)19-17-15(23-4)6-5-9-21(16)17/h5-10H,1-4H3,(H,20,22). The average molecular weight is 309 g/mol. The number of aryl methyl sites for hydroxylation is 3. The Bertz CT molecular complexity index is 897. The molecule has 2 heterocycles. The number of hydrogen-bond donors (Lipinski definition) is 1. The molecule has 0 spiro atoms. The number of methoxy groups -OCH3 is 1. The fraction of sp³-hybridized carbons (Fsp3) is 0.222. The molecule has 118 valence electrons. The van der Waals surface area contributed by atoms with Crippen LogP contribution in [-0.4, -0.2) is 22.4 Å². The van der Waals surface area contributed by atoms with Gasteiger partial charge in [0.2, 0.25) is 0 Å².